The zero-order valence-electron chi connectivity index (χ0n) is 22.4. The van der Waals surface area contributed by atoms with E-state index in [9.17, 15) is 4.79 Å². The molecule has 200 valence electrons. The predicted molar refractivity (Wildman–Crippen MR) is 157 cm³/mol. The number of carbonyl (C=O) groups is 1. The number of hydrogen-bond acceptors (Lipinski definition) is 9. The van der Waals surface area contributed by atoms with Crippen molar-refractivity contribution in [3.63, 3.8) is 0 Å². The zero-order chi connectivity index (χ0) is 28.6. The fourth-order valence-electron chi connectivity index (χ4n) is 4.09. The van der Waals surface area contributed by atoms with Crippen LogP contribution >= 0.6 is 11.8 Å². The van der Waals surface area contributed by atoms with Crippen LogP contribution in [0.2, 0.25) is 0 Å². The number of carbonyl (C=O) groups excluding carboxylic acids is 1. The molecule has 1 aromatic heterocycles. The van der Waals surface area contributed by atoms with E-state index in [2.05, 4.69) is 21.7 Å². The summed E-state index contributed by atoms with van der Waals surface area (Å²) in [5.41, 5.74) is 5.48. The van der Waals surface area contributed by atoms with E-state index >= 15 is 0 Å². The van der Waals surface area contributed by atoms with Gasteiger partial charge in [-0.25, -0.2) is 9.97 Å². The number of aryl methyl sites for hydroxylation is 2. The molecule has 0 fully saturated rings. The van der Waals surface area contributed by atoms with Crippen molar-refractivity contribution in [2.75, 3.05) is 30.6 Å². The standard InChI is InChI=1S/C30H26N6O3S/c1-18-12-21(6-5-11-31)13-19(2)28(18)35-29-23-14-25(38-3)26(39-4)15-24(23)34-30(36-29)40-17-27(37)33-22-9-7-20(16-32)8-10-22/h5-10,12-15H,17H2,1-4H3,(H,33,37)(H,34,35,36)/b6-5+. The van der Waals surface area contributed by atoms with Gasteiger partial charge in [0, 0.05) is 28.9 Å². The monoisotopic (exact) mass is 550 g/mol. The molecular weight excluding hydrogens is 524 g/mol. The summed E-state index contributed by atoms with van der Waals surface area (Å²) >= 11 is 1.20. The van der Waals surface area contributed by atoms with E-state index in [0.29, 0.717) is 39.2 Å². The number of methoxy groups -OCH3 is 2. The third-order valence-corrected chi connectivity index (χ3v) is 6.81. The van der Waals surface area contributed by atoms with Crippen LogP contribution in [0.4, 0.5) is 17.2 Å². The Kier molecular flexibility index (Phi) is 8.85. The Morgan fingerprint density at radius 1 is 1.00 bits per heavy atom. The number of allylic oxidation sites excluding steroid dienone is 1. The lowest BCUT2D eigenvalue weighted by Crippen LogP contribution is -2.14. The van der Waals surface area contributed by atoms with Gasteiger partial charge in [0.05, 0.1) is 43.2 Å². The summed E-state index contributed by atoms with van der Waals surface area (Å²) in [5, 5.41) is 25.2. The first-order valence-electron chi connectivity index (χ1n) is 12.2. The number of ether oxygens (including phenoxy) is 2. The van der Waals surface area contributed by atoms with Crippen LogP contribution in [0.3, 0.4) is 0 Å². The second-order valence-corrected chi connectivity index (χ2v) is 9.66. The van der Waals surface area contributed by atoms with Gasteiger partial charge in [-0.2, -0.15) is 10.5 Å². The summed E-state index contributed by atoms with van der Waals surface area (Å²) in [4.78, 5) is 22.1. The molecule has 2 N–H and O–H groups in total. The number of fused-ring (bicyclic) bond motifs is 1. The predicted octanol–water partition coefficient (Wildman–Crippen LogP) is 6.15. The summed E-state index contributed by atoms with van der Waals surface area (Å²) in [6.45, 7) is 3.96. The fraction of sp³-hybridized carbons (Fsp3) is 0.167. The first-order valence-corrected chi connectivity index (χ1v) is 13.1. The number of nitrogens with one attached hydrogen (secondary N) is 2. The van der Waals surface area contributed by atoms with Crippen molar-refractivity contribution < 1.29 is 14.3 Å². The quantitative estimate of drug-likeness (QED) is 0.143. The molecule has 0 spiro atoms. The molecule has 0 bridgehead atoms. The lowest BCUT2D eigenvalue weighted by atomic mass is 10.0. The molecule has 40 heavy (non-hydrogen) atoms. The van der Waals surface area contributed by atoms with E-state index in [-0.39, 0.29) is 11.7 Å². The van der Waals surface area contributed by atoms with Gasteiger partial charge in [-0.15, -0.1) is 0 Å². The topological polar surface area (TPSA) is 133 Å². The van der Waals surface area contributed by atoms with Gasteiger partial charge in [0.25, 0.3) is 0 Å². The van der Waals surface area contributed by atoms with Gasteiger partial charge in [0.2, 0.25) is 5.91 Å². The number of anilines is 3. The van der Waals surface area contributed by atoms with Gasteiger partial charge < -0.3 is 20.1 Å². The van der Waals surface area contributed by atoms with Gasteiger partial charge in [-0.1, -0.05) is 11.8 Å². The van der Waals surface area contributed by atoms with Crippen molar-refractivity contribution >= 4 is 51.8 Å². The molecule has 0 aliphatic carbocycles. The SMILES string of the molecule is COc1cc2nc(SCC(=O)Nc3ccc(C#N)cc3)nc(Nc3c(C)cc(/C=C/C#N)cc3C)c2cc1OC. The summed E-state index contributed by atoms with van der Waals surface area (Å²) in [6.07, 6.45) is 3.21. The van der Waals surface area contributed by atoms with Gasteiger partial charge in [-0.3, -0.25) is 4.79 Å². The fourth-order valence-corrected chi connectivity index (χ4v) is 4.74. The highest BCUT2D eigenvalue weighted by Gasteiger charge is 2.16. The summed E-state index contributed by atoms with van der Waals surface area (Å²) < 4.78 is 11.0. The minimum atomic E-state index is -0.229. The Morgan fingerprint density at radius 3 is 2.30 bits per heavy atom. The molecule has 0 unspecified atom stereocenters. The molecule has 0 radical (unpaired) electrons. The number of nitrogens with zero attached hydrogens (tertiary/aromatic N) is 4. The van der Waals surface area contributed by atoms with Crippen LogP contribution < -0.4 is 20.1 Å². The average Bonchev–Trinajstić information content (AvgIpc) is 2.96. The Morgan fingerprint density at radius 2 is 1.68 bits per heavy atom. The number of nitriles is 2. The van der Waals surface area contributed by atoms with Crippen LogP contribution in [0.25, 0.3) is 17.0 Å². The van der Waals surface area contributed by atoms with Crippen LogP contribution in [0.15, 0.2) is 59.8 Å². The van der Waals surface area contributed by atoms with E-state index in [1.807, 2.05) is 38.1 Å². The van der Waals surface area contributed by atoms with Crippen molar-refractivity contribution in [1.82, 2.24) is 9.97 Å². The van der Waals surface area contributed by atoms with Crippen molar-refractivity contribution in [3.05, 3.63) is 76.9 Å². The van der Waals surface area contributed by atoms with Crippen molar-refractivity contribution in [3.8, 4) is 23.6 Å². The maximum absolute atomic E-state index is 12.6. The third kappa shape index (κ3) is 6.49. The van der Waals surface area contributed by atoms with Crippen molar-refractivity contribution in [1.29, 1.82) is 10.5 Å². The Bertz CT molecular complexity index is 1660. The van der Waals surface area contributed by atoms with Gasteiger partial charge in [0.1, 0.15) is 5.82 Å². The van der Waals surface area contributed by atoms with Crippen LogP contribution in [0.5, 0.6) is 11.5 Å². The molecule has 4 aromatic rings. The van der Waals surface area contributed by atoms with Crippen molar-refractivity contribution in [2.24, 2.45) is 0 Å². The van der Waals surface area contributed by atoms with Crippen molar-refractivity contribution in [2.45, 2.75) is 19.0 Å². The van der Waals surface area contributed by atoms with Crippen LogP contribution in [0, 0.1) is 36.5 Å². The number of thioether (sulfide) groups is 1. The molecule has 10 heteroatoms. The molecule has 9 nitrogen and oxygen atoms in total. The minimum Gasteiger partial charge on any atom is -0.493 e. The normalized spacial score (nSPS) is 10.7. The molecule has 4 rings (SSSR count). The summed E-state index contributed by atoms with van der Waals surface area (Å²) in [5.74, 6) is 1.46. The molecule has 1 heterocycles. The molecule has 0 atom stereocenters. The summed E-state index contributed by atoms with van der Waals surface area (Å²) in [7, 11) is 3.12. The largest absolute Gasteiger partial charge is 0.493 e. The molecule has 0 aliphatic rings. The highest BCUT2D eigenvalue weighted by Crippen LogP contribution is 2.37. The van der Waals surface area contributed by atoms with E-state index in [1.54, 1.807) is 50.6 Å². The minimum absolute atomic E-state index is 0.0796. The van der Waals surface area contributed by atoms with E-state index in [0.717, 1.165) is 27.8 Å². The maximum Gasteiger partial charge on any atom is 0.234 e. The number of hydrogen-bond donors (Lipinski definition) is 2. The summed E-state index contributed by atoms with van der Waals surface area (Å²) in [6, 6.07) is 18.3. The molecule has 0 saturated carbocycles. The molecule has 3 aromatic carbocycles. The second kappa shape index (κ2) is 12.7. The van der Waals surface area contributed by atoms with Crippen LogP contribution in [-0.4, -0.2) is 35.8 Å². The highest BCUT2D eigenvalue weighted by atomic mass is 32.2. The number of rotatable bonds is 9. The van der Waals surface area contributed by atoms with E-state index in [4.69, 9.17) is 25.0 Å². The number of benzene rings is 3. The van der Waals surface area contributed by atoms with Crippen LogP contribution in [-0.2, 0) is 4.79 Å². The first-order chi connectivity index (χ1) is 19.3. The van der Waals surface area contributed by atoms with E-state index < -0.39 is 0 Å². The third-order valence-electron chi connectivity index (χ3n) is 5.96. The number of aromatic nitrogens is 2. The average molecular weight is 551 g/mol. The smallest absolute Gasteiger partial charge is 0.234 e. The lowest BCUT2D eigenvalue weighted by molar-refractivity contribution is -0.113. The Balaban J connectivity index is 1.67. The number of amides is 1. The first kappa shape index (κ1) is 28.0. The maximum atomic E-state index is 12.6. The Hall–Kier alpha value is -5.06. The van der Waals surface area contributed by atoms with Gasteiger partial charge in [0.15, 0.2) is 16.7 Å². The lowest BCUT2D eigenvalue weighted by Gasteiger charge is -2.17. The second-order valence-electron chi connectivity index (χ2n) is 8.72. The highest BCUT2D eigenvalue weighted by molar-refractivity contribution is 7.99. The van der Waals surface area contributed by atoms with Gasteiger partial charge in [-0.05, 0) is 79.1 Å². The van der Waals surface area contributed by atoms with E-state index in [1.165, 1.54) is 17.8 Å². The Labute approximate surface area is 236 Å². The molecule has 0 saturated heterocycles. The van der Waals surface area contributed by atoms with Gasteiger partial charge >= 0.3 is 0 Å². The molecule has 0 aliphatic heterocycles. The van der Waals surface area contributed by atoms with Crippen LogP contribution in [0.1, 0.15) is 22.3 Å². The molecular formula is C30H26N6O3S. The molecule has 1 amide bonds. The zero-order valence-corrected chi connectivity index (χ0v) is 23.2.